The van der Waals surface area contributed by atoms with E-state index >= 15 is 0 Å². The zero-order valence-corrected chi connectivity index (χ0v) is 34.2. The van der Waals surface area contributed by atoms with Gasteiger partial charge in [0.2, 0.25) is 0 Å². The molecule has 0 bridgehead atoms. The molecular formula is C39H45ClN4O9SSi. The lowest BCUT2D eigenvalue weighted by molar-refractivity contribution is -0.163. The van der Waals surface area contributed by atoms with Crippen LogP contribution in [0.2, 0.25) is 10.1 Å². The monoisotopic (exact) mass is 808 g/mol. The van der Waals surface area contributed by atoms with Gasteiger partial charge in [0, 0.05) is 23.6 Å². The molecule has 2 atom stereocenters. The number of thiazole rings is 1. The quantitative estimate of drug-likeness (QED) is 0.0676. The molecule has 0 unspecified atom stereocenters. The van der Waals surface area contributed by atoms with Crippen molar-refractivity contribution >= 4 is 77.2 Å². The van der Waals surface area contributed by atoms with Crippen LogP contribution in [0.3, 0.4) is 0 Å². The number of ether oxygens (including phenoxy) is 3. The highest BCUT2D eigenvalue weighted by molar-refractivity contribution is 7.13. The van der Waals surface area contributed by atoms with Crippen LogP contribution in [0.4, 0.5) is 10.5 Å². The van der Waals surface area contributed by atoms with Crippen LogP contribution in [0.15, 0.2) is 84.2 Å². The minimum atomic E-state index is -3.07. The molecule has 0 radical (unpaired) electrons. The Morgan fingerprint density at radius 3 is 2.00 bits per heavy atom. The average Bonchev–Trinajstić information content (AvgIpc) is 3.60. The summed E-state index contributed by atoms with van der Waals surface area (Å²) < 4.78 is 22.1. The van der Waals surface area contributed by atoms with Crippen molar-refractivity contribution in [1.82, 2.24) is 10.3 Å². The molecule has 0 spiro atoms. The molecule has 292 valence electrons. The van der Waals surface area contributed by atoms with E-state index < -0.39 is 67.6 Å². The van der Waals surface area contributed by atoms with Crippen molar-refractivity contribution in [2.24, 2.45) is 5.73 Å². The van der Waals surface area contributed by atoms with E-state index in [-0.39, 0.29) is 17.3 Å². The van der Waals surface area contributed by atoms with Crippen LogP contribution in [0.1, 0.15) is 59.0 Å². The number of carbonyl (C=O) groups excluding carboxylic acids is 5. The molecule has 55 heavy (non-hydrogen) atoms. The summed E-state index contributed by atoms with van der Waals surface area (Å²) in [5.41, 5.74) is 6.34. The van der Waals surface area contributed by atoms with Crippen LogP contribution in [-0.2, 0) is 33.0 Å². The number of carbonyl (C=O) groups is 5. The van der Waals surface area contributed by atoms with Gasteiger partial charge in [-0.25, -0.2) is 19.4 Å². The standard InChI is InChI=1S/C39H45ClN4O9SSi/c1-24(45)50-22-31(43-33(46)32-23-54-34(44-32)28-19-18-25(20-29(28)40)42-37(49)53-38(2,3)4)36(48)52-35(47)30(41)21-51-55(39(5,6)7,26-14-10-8-11-15-26)27-16-12-9-13-17-27/h8-20,23,30-31H,21-22,41H2,1-7H3,(H,42,49)(H,43,46)/t30-,31-/m0/s1. The smallest absolute Gasteiger partial charge is 0.412 e. The molecule has 13 nitrogen and oxygen atoms in total. The first-order valence-electron chi connectivity index (χ1n) is 17.3. The highest BCUT2D eigenvalue weighted by atomic mass is 35.5. The Bertz CT molecular complexity index is 1960. The van der Waals surface area contributed by atoms with Gasteiger partial charge in [-0.05, 0) is 54.4 Å². The van der Waals surface area contributed by atoms with Gasteiger partial charge in [-0.2, -0.15) is 0 Å². The number of hydrogen-bond donors (Lipinski definition) is 3. The van der Waals surface area contributed by atoms with Crippen molar-refractivity contribution in [2.75, 3.05) is 18.5 Å². The van der Waals surface area contributed by atoms with Crippen molar-refractivity contribution in [3.8, 4) is 10.6 Å². The Hall–Kier alpha value is -4.93. The average molecular weight is 809 g/mol. The van der Waals surface area contributed by atoms with Crippen LogP contribution in [0, 0.1) is 0 Å². The van der Waals surface area contributed by atoms with Gasteiger partial charge in [0.1, 0.15) is 29.0 Å². The van der Waals surface area contributed by atoms with E-state index in [0.29, 0.717) is 16.3 Å². The van der Waals surface area contributed by atoms with Crippen LogP contribution < -0.4 is 26.7 Å². The minimum Gasteiger partial charge on any atom is -0.463 e. The fraction of sp³-hybridized carbons (Fsp3) is 0.333. The number of amides is 2. The van der Waals surface area contributed by atoms with Crippen molar-refractivity contribution < 1.29 is 42.6 Å². The normalized spacial score (nSPS) is 12.9. The molecule has 4 aromatic rings. The maximum atomic E-state index is 13.3. The number of nitrogens with two attached hydrogens (primary N) is 1. The Balaban J connectivity index is 1.46. The zero-order chi connectivity index (χ0) is 40.6. The van der Waals surface area contributed by atoms with E-state index in [2.05, 4.69) is 36.4 Å². The number of nitrogens with zero attached hydrogens (tertiary/aromatic N) is 1. The van der Waals surface area contributed by atoms with Crippen LogP contribution >= 0.6 is 22.9 Å². The van der Waals surface area contributed by atoms with Gasteiger partial charge < -0.3 is 29.7 Å². The van der Waals surface area contributed by atoms with Gasteiger partial charge in [-0.3, -0.25) is 14.9 Å². The molecule has 0 aliphatic heterocycles. The Morgan fingerprint density at radius 2 is 1.47 bits per heavy atom. The molecule has 0 aliphatic rings. The summed E-state index contributed by atoms with van der Waals surface area (Å²) in [6.07, 6.45) is -0.654. The Morgan fingerprint density at radius 1 is 0.873 bits per heavy atom. The SMILES string of the molecule is CC(=O)OC[C@H](NC(=O)c1csc(-c2ccc(NC(=O)OC(C)(C)C)cc2Cl)n1)C(=O)OC(=O)[C@@H](N)CO[Si](c1ccccc1)(c1ccccc1)C(C)(C)C. The molecule has 4 rings (SSSR count). The third-order valence-corrected chi connectivity index (χ3v) is 14.2. The summed E-state index contributed by atoms with van der Waals surface area (Å²) in [6, 6.07) is 21.2. The largest absolute Gasteiger partial charge is 0.463 e. The van der Waals surface area contributed by atoms with Crippen molar-refractivity contribution in [2.45, 2.75) is 71.2 Å². The lowest BCUT2D eigenvalue weighted by Gasteiger charge is -2.43. The molecule has 4 N–H and O–H groups in total. The molecule has 16 heteroatoms. The Labute approximate surface area is 330 Å². The number of aromatic nitrogens is 1. The van der Waals surface area contributed by atoms with Crippen molar-refractivity contribution in [3.05, 3.63) is 95.0 Å². The molecule has 0 saturated heterocycles. The Kier molecular flexibility index (Phi) is 14.1. The van der Waals surface area contributed by atoms with Gasteiger partial charge in [0.15, 0.2) is 6.04 Å². The maximum absolute atomic E-state index is 13.3. The number of nitrogens with one attached hydrogen (secondary N) is 2. The molecule has 0 saturated carbocycles. The third-order valence-electron chi connectivity index (χ3n) is 8.02. The van der Waals surface area contributed by atoms with Crippen LogP contribution in [0.5, 0.6) is 0 Å². The molecule has 0 fully saturated rings. The molecular weight excluding hydrogens is 764 g/mol. The van der Waals surface area contributed by atoms with E-state index in [0.717, 1.165) is 28.6 Å². The first kappa shape index (κ1) is 42.8. The van der Waals surface area contributed by atoms with Gasteiger partial charge in [-0.1, -0.05) is 93.0 Å². The van der Waals surface area contributed by atoms with Gasteiger partial charge in [0.25, 0.3) is 14.2 Å². The first-order chi connectivity index (χ1) is 25.8. The second-order valence-corrected chi connectivity index (χ2v) is 20.1. The number of esters is 3. The fourth-order valence-electron chi connectivity index (χ4n) is 5.58. The predicted molar refractivity (Wildman–Crippen MR) is 213 cm³/mol. The van der Waals surface area contributed by atoms with Gasteiger partial charge >= 0.3 is 24.0 Å². The molecule has 1 heterocycles. The molecule has 0 aliphatic carbocycles. The lowest BCUT2D eigenvalue weighted by atomic mass is 10.2. The second kappa shape index (κ2) is 18.1. The molecule has 2 amide bonds. The second-order valence-electron chi connectivity index (χ2n) is 14.5. The summed E-state index contributed by atoms with van der Waals surface area (Å²) in [5, 5.41) is 8.59. The van der Waals surface area contributed by atoms with Gasteiger partial charge in [-0.15, -0.1) is 11.3 Å². The summed E-state index contributed by atoms with van der Waals surface area (Å²) in [6.45, 7) is 11.6. The van der Waals surface area contributed by atoms with E-state index in [9.17, 15) is 24.0 Å². The number of rotatable bonds is 13. The topological polar surface area (TPSA) is 185 Å². The zero-order valence-electron chi connectivity index (χ0n) is 31.6. The highest BCUT2D eigenvalue weighted by Gasteiger charge is 2.50. The maximum Gasteiger partial charge on any atom is 0.412 e. The van der Waals surface area contributed by atoms with E-state index in [1.165, 1.54) is 11.4 Å². The van der Waals surface area contributed by atoms with Crippen LogP contribution in [-0.4, -0.2) is 74.1 Å². The number of anilines is 1. The van der Waals surface area contributed by atoms with Gasteiger partial charge in [0.05, 0.1) is 11.6 Å². The van der Waals surface area contributed by atoms with E-state index in [1.54, 1.807) is 32.9 Å². The number of benzene rings is 3. The predicted octanol–water partition coefficient (Wildman–Crippen LogP) is 5.45. The molecule has 1 aromatic heterocycles. The lowest BCUT2D eigenvalue weighted by Crippen LogP contribution is -2.67. The minimum absolute atomic E-state index is 0.0885. The molecule has 3 aromatic carbocycles. The summed E-state index contributed by atoms with van der Waals surface area (Å²) in [7, 11) is -3.07. The van der Waals surface area contributed by atoms with Crippen molar-refractivity contribution in [3.63, 3.8) is 0 Å². The fourth-order valence-corrected chi connectivity index (χ4v) is 11.3. The first-order valence-corrected chi connectivity index (χ1v) is 20.4. The number of hydrogen-bond acceptors (Lipinski definition) is 12. The number of halogens is 1. The summed E-state index contributed by atoms with van der Waals surface area (Å²) in [5.74, 6) is -3.85. The van der Waals surface area contributed by atoms with Crippen LogP contribution in [0.25, 0.3) is 10.6 Å². The summed E-state index contributed by atoms with van der Waals surface area (Å²) in [4.78, 5) is 67.9. The van der Waals surface area contributed by atoms with E-state index in [4.69, 9.17) is 36.0 Å². The van der Waals surface area contributed by atoms with Crippen molar-refractivity contribution in [1.29, 1.82) is 0 Å². The summed E-state index contributed by atoms with van der Waals surface area (Å²) >= 11 is 7.58. The highest BCUT2D eigenvalue weighted by Crippen LogP contribution is 2.37. The third kappa shape index (κ3) is 11.3. The van der Waals surface area contributed by atoms with E-state index in [1.807, 2.05) is 60.7 Å².